The van der Waals surface area contributed by atoms with Crippen molar-refractivity contribution in [3.63, 3.8) is 0 Å². The minimum Gasteiger partial charge on any atom is -0.342 e. The predicted molar refractivity (Wildman–Crippen MR) is 117 cm³/mol. The Labute approximate surface area is 198 Å². The van der Waals surface area contributed by atoms with E-state index in [9.17, 15) is 26.7 Å². The zero-order valence-electron chi connectivity index (χ0n) is 19.3. The summed E-state index contributed by atoms with van der Waals surface area (Å²) in [5.74, 6) is -7.48. The maximum absolute atomic E-state index is 14.6. The quantitative estimate of drug-likeness (QED) is 0.492. The molecule has 188 valence electrons. The molecule has 3 aliphatic rings. The van der Waals surface area contributed by atoms with Crippen molar-refractivity contribution in [3.8, 4) is 0 Å². The van der Waals surface area contributed by atoms with Crippen LogP contribution in [-0.2, 0) is 4.79 Å². The van der Waals surface area contributed by atoms with Crippen LogP contribution < -0.4 is 10.2 Å². The smallest absolute Gasteiger partial charge is 0.282 e. The lowest BCUT2D eigenvalue weighted by molar-refractivity contribution is -0.137. The molecule has 12 heteroatoms. The molecule has 2 aromatic rings. The number of hydrogen-bond donors (Lipinski definition) is 1. The minimum atomic E-state index is -2.87. The van der Waals surface area contributed by atoms with Crippen LogP contribution in [0, 0.1) is 29.9 Å². The Bertz CT molecular complexity index is 1180. The van der Waals surface area contributed by atoms with Crippen LogP contribution in [0.15, 0.2) is 6.07 Å². The third kappa shape index (κ3) is 4.50. The molecule has 1 saturated carbocycles. The van der Waals surface area contributed by atoms with Crippen LogP contribution >= 0.6 is 0 Å². The molecule has 2 aliphatic heterocycles. The summed E-state index contributed by atoms with van der Waals surface area (Å²) in [5, 5.41) is 2.55. The lowest BCUT2D eigenvalue weighted by atomic mass is 9.93. The third-order valence-electron chi connectivity index (χ3n) is 7.01. The van der Waals surface area contributed by atoms with E-state index < -0.39 is 48.0 Å². The Morgan fingerprint density at radius 1 is 1.11 bits per heavy atom. The predicted octanol–water partition coefficient (Wildman–Crippen LogP) is 4.30. The second kappa shape index (κ2) is 8.27. The van der Waals surface area contributed by atoms with E-state index in [0.29, 0.717) is 25.2 Å². The second-order valence-corrected chi connectivity index (χ2v) is 9.97. The van der Waals surface area contributed by atoms with Crippen molar-refractivity contribution in [2.75, 3.05) is 36.4 Å². The molecule has 4 heterocycles. The summed E-state index contributed by atoms with van der Waals surface area (Å²) >= 11 is 0. The fraction of sp³-hybridized carbons (Fsp3) is 0.565. The van der Waals surface area contributed by atoms with Crippen LogP contribution in [0.1, 0.15) is 49.8 Å². The molecule has 5 rings (SSSR count). The number of pyridine rings is 1. The summed E-state index contributed by atoms with van der Waals surface area (Å²) in [6.07, 6.45) is 3.17. The average molecular weight is 496 g/mol. The van der Waals surface area contributed by atoms with Crippen LogP contribution in [-0.4, -0.2) is 57.9 Å². The van der Waals surface area contributed by atoms with Crippen molar-refractivity contribution in [1.29, 1.82) is 0 Å². The van der Waals surface area contributed by atoms with Crippen molar-refractivity contribution in [1.82, 2.24) is 19.9 Å². The summed E-state index contributed by atoms with van der Waals surface area (Å²) in [6, 6.07) is 1.51. The maximum Gasteiger partial charge on any atom is 0.282 e. The summed E-state index contributed by atoms with van der Waals surface area (Å²) in [6.45, 7) is 2.93. The van der Waals surface area contributed by atoms with Gasteiger partial charge in [0.05, 0.1) is 18.8 Å². The van der Waals surface area contributed by atoms with Crippen molar-refractivity contribution in [2.45, 2.75) is 51.4 Å². The van der Waals surface area contributed by atoms with E-state index in [2.05, 4.69) is 20.3 Å². The SMILES string of the molecule is Cc1c(F)c(F)nc(Nc2cc(C3CCCN(C(=O)C4(C)CC4)C3)nc(N3CC(F)(F)C3)n2)c1F. The van der Waals surface area contributed by atoms with E-state index in [0.717, 1.165) is 26.2 Å². The lowest BCUT2D eigenvalue weighted by Crippen LogP contribution is -2.57. The number of aromatic nitrogens is 3. The van der Waals surface area contributed by atoms with Crippen molar-refractivity contribution in [3.05, 3.63) is 34.9 Å². The van der Waals surface area contributed by atoms with Crippen LogP contribution in [0.5, 0.6) is 0 Å². The van der Waals surface area contributed by atoms with Gasteiger partial charge in [0.1, 0.15) is 5.82 Å². The van der Waals surface area contributed by atoms with E-state index in [-0.39, 0.29) is 29.0 Å². The minimum absolute atomic E-state index is 0.00763. The number of carbonyl (C=O) groups excluding carboxylic acids is 1. The largest absolute Gasteiger partial charge is 0.342 e. The molecule has 0 radical (unpaired) electrons. The molecule has 0 spiro atoms. The standard InChI is InChI=1S/C23H25F5N6O/c1-12-16(24)18(26)32-19(17(12)25)30-15-8-14(29-21(31-15)34-10-23(27,28)11-34)13-4-3-7-33(9-13)20(35)22(2)5-6-22/h8,13H,3-7,9-11H2,1-2H3,(H,29,30,31,32). The first-order chi connectivity index (χ1) is 16.5. The molecular weight excluding hydrogens is 471 g/mol. The highest BCUT2D eigenvalue weighted by Crippen LogP contribution is 2.47. The van der Waals surface area contributed by atoms with Gasteiger partial charge in [-0.3, -0.25) is 4.79 Å². The first-order valence-corrected chi connectivity index (χ1v) is 11.5. The Morgan fingerprint density at radius 2 is 1.83 bits per heavy atom. The maximum atomic E-state index is 14.6. The van der Waals surface area contributed by atoms with Crippen LogP contribution in [0.4, 0.5) is 39.5 Å². The molecule has 1 atom stereocenters. The zero-order valence-corrected chi connectivity index (χ0v) is 19.3. The monoisotopic (exact) mass is 496 g/mol. The molecular formula is C23H25F5N6O. The Balaban J connectivity index is 1.46. The highest BCUT2D eigenvalue weighted by atomic mass is 19.3. The number of anilines is 3. The van der Waals surface area contributed by atoms with E-state index in [4.69, 9.17) is 0 Å². The van der Waals surface area contributed by atoms with Gasteiger partial charge in [-0.15, -0.1) is 0 Å². The van der Waals surface area contributed by atoms with Gasteiger partial charge in [-0.2, -0.15) is 14.4 Å². The third-order valence-corrected chi connectivity index (χ3v) is 7.01. The number of halogens is 5. The van der Waals surface area contributed by atoms with Crippen LogP contribution in [0.3, 0.4) is 0 Å². The number of amides is 1. The van der Waals surface area contributed by atoms with Gasteiger partial charge < -0.3 is 15.1 Å². The summed E-state index contributed by atoms with van der Waals surface area (Å²) in [5.41, 5.74) is -0.375. The van der Waals surface area contributed by atoms with Gasteiger partial charge in [-0.1, -0.05) is 6.92 Å². The van der Waals surface area contributed by atoms with E-state index >= 15 is 0 Å². The van der Waals surface area contributed by atoms with Crippen molar-refractivity contribution < 1.29 is 26.7 Å². The Kier molecular flexibility index (Phi) is 5.59. The molecule has 0 aromatic carbocycles. The number of piperidine rings is 1. The highest BCUT2D eigenvalue weighted by Gasteiger charge is 2.48. The first kappa shape index (κ1) is 23.7. The molecule has 1 unspecified atom stereocenters. The topological polar surface area (TPSA) is 74.2 Å². The number of hydrogen-bond acceptors (Lipinski definition) is 6. The molecule has 1 N–H and O–H groups in total. The first-order valence-electron chi connectivity index (χ1n) is 11.5. The number of carbonyl (C=O) groups is 1. The van der Waals surface area contributed by atoms with Crippen LogP contribution in [0.2, 0.25) is 0 Å². The molecule has 7 nitrogen and oxygen atoms in total. The summed E-state index contributed by atoms with van der Waals surface area (Å²) < 4.78 is 69.1. The molecule has 3 fully saturated rings. The van der Waals surface area contributed by atoms with E-state index in [1.807, 2.05) is 11.8 Å². The van der Waals surface area contributed by atoms with Gasteiger partial charge in [-0.05, 0) is 32.6 Å². The molecule has 1 amide bonds. The Hall–Kier alpha value is -3.05. The number of nitrogens with one attached hydrogen (secondary N) is 1. The fourth-order valence-electron chi connectivity index (χ4n) is 4.54. The summed E-state index contributed by atoms with van der Waals surface area (Å²) in [7, 11) is 0. The lowest BCUT2D eigenvalue weighted by Gasteiger charge is -2.39. The second-order valence-electron chi connectivity index (χ2n) is 9.97. The van der Waals surface area contributed by atoms with Gasteiger partial charge in [0, 0.05) is 36.1 Å². The number of rotatable bonds is 5. The van der Waals surface area contributed by atoms with Gasteiger partial charge in [0.2, 0.25) is 11.9 Å². The van der Waals surface area contributed by atoms with Gasteiger partial charge in [-0.25, -0.2) is 22.5 Å². The van der Waals surface area contributed by atoms with Crippen LogP contribution in [0.25, 0.3) is 0 Å². The van der Waals surface area contributed by atoms with E-state index in [1.54, 1.807) is 0 Å². The van der Waals surface area contributed by atoms with Crippen molar-refractivity contribution in [2.24, 2.45) is 5.41 Å². The number of alkyl halides is 2. The molecule has 1 aliphatic carbocycles. The summed E-state index contributed by atoms with van der Waals surface area (Å²) in [4.78, 5) is 28.0. The van der Waals surface area contributed by atoms with Gasteiger partial charge >= 0.3 is 0 Å². The van der Waals surface area contributed by atoms with Gasteiger partial charge in [0.15, 0.2) is 17.5 Å². The zero-order chi connectivity index (χ0) is 25.1. The average Bonchev–Trinajstić information content (AvgIpc) is 3.57. The number of nitrogens with zero attached hydrogens (tertiary/aromatic N) is 5. The fourth-order valence-corrected chi connectivity index (χ4v) is 4.54. The molecule has 35 heavy (non-hydrogen) atoms. The van der Waals surface area contributed by atoms with Crippen molar-refractivity contribution >= 4 is 23.5 Å². The molecule has 0 bridgehead atoms. The van der Waals surface area contributed by atoms with Gasteiger partial charge in [0.25, 0.3) is 11.9 Å². The normalized spacial score (nSPS) is 22.5. The Morgan fingerprint density at radius 3 is 2.49 bits per heavy atom. The molecule has 2 aromatic heterocycles. The number of likely N-dealkylation sites (tertiary alicyclic amines) is 1. The molecule has 2 saturated heterocycles. The highest BCUT2D eigenvalue weighted by molar-refractivity contribution is 5.85. The van der Waals surface area contributed by atoms with E-state index in [1.165, 1.54) is 11.0 Å².